The largest absolute Gasteiger partial charge is 0.389 e. The maximum atomic E-state index is 10.3. The van der Waals surface area contributed by atoms with Gasteiger partial charge in [-0.3, -0.25) is 0 Å². The molecule has 3 rings (SSSR count). The number of anilines is 1. The van der Waals surface area contributed by atoms with Gasteiger partial charge in [-0.1, -0.05) is 12.1 Å². The Hall–Kier alpha value is -1.10. The van der Waals surface area contributed by atoms with Crippen molar-refractivity contribution in [2.75, 3.05) is 37.8 Å². The van der Waals surface area contributed by atoms with E-state index in [4.69, 9.17) is 9.47 Å². The number of benzene rings is 1. The molecule has 1 N–H and O–H groups in total. The number of hydrogen-bond donors (Lipinski definition) is 1. The van der Waals surface area contributed by atoms with Crippen LogP contribution in [0.4, 0.5) is 5.69 Å². The maximum absolute atomic E-state index is 10.3. The molecule has 0 spiro atoms. The number of β-amino-alcohol motifs (C(OH)–C–C–N with tert-alkyl or cyclic N) is 1. The smallest absolute Gasteiger partial charge is 0.0948 e. The van der Waals surface area contributed by atoms with E-state index >= 15 is 0 Å². The van der Waals surface area contributed by atoms with Crippen molar-refractivity contribution >= 4 is 5.69 Å². The molecule has 2 aliphatic heterocycles. The molecule has 1 saturated heterocycles. The van der Waals surface area contributed by atoms with Gasteiger partial charge in [-0.15, -0.1) is 0 Å². The second-order valence-electron chi connectivity index (χ2n) is 6.51. The Morgan fingerprint density at radius 3 is 3.14 bits per heavy atom. The lowest BCUT2D eigenvalue weighted by molar-refractivity contribution is -0.0150. The molecule has 0 unspecified atom stereocenters. The standard InChI is InChI=1S/C18H27NO3/c1-14-6-7-15-4-2-8-19(18(15)10-14)11-16(20)12-21-13-17-5-3-9-22-17/h6-7,10,16-17,20H,2-5,8-9,11-13H2,1H3/t16-,17+/m1/s1. The molecule has 0 saturated carbocycles. The van der Waals surface area contributed by atoms with Crippen LogP contribution < -0.4 is 4.90 Å². The van der Waals surface area contributed by atoms with Crippen LogP contribution in [0.5, 0.6) is 0 Å². The van der Waals surface area contributed by atoms with Crippen molar-refractivity contribution in [2.45, 2.75) is 44.8 Å². The average Bonchev–Trinajstić information content (AvgIpc) is 3.01. The molecule has 2 heterocycles. The van der Waals surface area contributed by atoms with Crippen molar-refractivity contribution < 1.29 is 14.6 Å². The Bertz CT molecular complexity index is 485. The highest BCUT2D eigenvalue weighted by molar-refractivity contribution is 5.57. The fourth-order valence-electron chi connectivity index (χ4n) is 3.37. The van der Waals surface area contributed by atoms with E-state index in [1.165, 1.54) is 16.8 Å². The van der Waals surface area contributed by atoms with E-state index in [2.05, 4.69) is 30.0 Å². The SMILES string of the molecule is Cc1ccc2c(c1)N(C[C@@H](O)COC[C@@H]1CCCO1)CCC2. The van der Waals surface area contributed by atoms with Gasteiger partial charge < -0.3 is 19.5 Å². The number of aliphatic hydroxyl groups is 1. The van der Waals surface area contributed by atoms with E-state index in [9.17, 15) is 5.11 Å². The third-order valence-electron chi connectivity index (χ3n) is 4.52. The zero-order valence-corrected chi connectivity index (χ0v) is 13.5. The van der Waals surface area contributed by atoms with Crippen molar-refractivity contribution in [3.63, 3.8) is 0 Å². The van der Waals surface area contributed by atoms with Crippen molar-refractivity contribution in [1.29, 1.82) is 0 Å². The third-order valence-corrected chi connectivity index (χ3v) is 4.52. The highest BCUT2D eigenvalue weighted by Gasteiger charge is 2.20. The molecule has 4 nitrogen and oxygen atoms in total. The van der Waals surface area contributed by atoms with Gasteiger partial charge >= 0.3 is 0 Å². The molecule has 1 aromatic carbocycles. The molecular weight excluding hydrogens is 278 g/mol. The quantitative estimate of drug-likeness (QED) is 0.876. The number of aliphatic hydroxyl groups excluding tert-OH is 1. The van der Waals surface area contributed by atoms with Crippen LogP contribution in [-0.4, -0.2) is 50.2 Å². The second kappa shape index (κ2) is 7.44. The first-order valence-electron chi connectivity index (χ1n) is 8.44. The van der Waals surface area contributed by atoms with Crippen LogP contribution in [0.15, 0.2) is 18.2 Å². The van der Waals surface area contributed by atoms with Crippen LogP contribution in [0, 0.1) is 6.92 Å². The Balaban J connectivity index is 1.49. The number of hydrogen-bond acceptors (Lipinski definition) is 4. The highest BCUT2D eigenvalue weighted by atomic mass is 16.5. The van der Waals surface area contributed by atoms with Crippen molar-refractivity contribution in [1.82, 2.24) is 0 Å². The average molecular weight is 305 g/mol. The van der Waals surface area contributed by atoms with Crippen molar-refractivity contribution in [3.8, 4) is 0 Å². The summed E-state index contributed by atoms with van der Waals surface area (Å²) < 4.78 is 11.2. The van der Waals surface area contributed by atoms with Crippen LogP contribution in [-0.2, 0) is 15.9 Å². The molecular formula is C18H27NO3. The summed E-state index contributed by atoms with van der Waals surface area (Å²) >= 11 is 0. The molecule has 0 bridgehead atoms. The van der Waals surface area contributed by atoms with Crippen molar-refractivity contribution in [3.05, 3.63) is 29.3 Å². The molecule has 0 aromatic heterocycles. The van der Waals surface area contributed by atoms with Gasteiger partial charge in [0.15, 0.2) is 0 Å². The van der Waals surface area contributed by atoms with E-state index in [1.54, 1.807) is 0 Å². The third kappa shape index (κ3) is 4.00. The zero-order chi connectivity index (χ0) is 15.4. The van der Waals surface area contributed by atoms with Crippen molar-refractivity contribution in [2.24, 2.45) is 0 Å². The lowest BCUT2D eigenvalue weighted by Crippen LogP contribution is -2.38. The first-order valence-corrected chi connectivity index (χ1v) is 8.44. The molecule has 0 radical (unpaired) electrons. The lowest BCUT2D eigenvalue weighted by Gasteiger charge is -2.33. The van der Waals surface area contributed by atoms with E-state index in [0.29, 0.717) is 19.8 Å². The number of rotatable bonds is 6. The molecule has 2 aliphatic rings. The molecule has 2 atom stereocenters. The van der Waals surface area contributed by atoms with Crippen LogP contribution in [0.3, 0.4) is 0 Å². The molecule has 1 aromatic rings. The Labute approximate surface area is 133 Å². The van der Waals surface area contributed by atoms with Gasteiger partial charge in [-0.25, -0.2) is 0 Å². The molecule has 122 valence electrons. The van der Waals surface area contributed by atoms with Gasteiger partial charge in [-0.05, 0) is 49.8 Å². The normalized spacial score (nSPS) is 22.6. The minimum absolute atomic E-state index is 0.227. The van der Waals surface area contributed by atoms with E-state index in [0.717, 1.165) is 38.8 Å². The van der Waals surface area contributed by atoms with Gasteiger partial charge in [0.2, 0.25) is 0 Å². The fourth-order valence-corrected chi connectivity index (χ4v) is 3.37. The van der Waals surface area contributed by atoms with Crippen LogP contribution >= 0.6 is 0 Å². The summed E-state index contributed by atoms with van der Waals surface area (Å²) in [6.45, 7) is 5.61. The molecule has 1 fully saturated rings. The lowest BCUT2D eigenvalue weighted by atomic mass is 9.99. The first-order chi connectivity index (χ1) is 10.7. The fraction of sp³-hybridized carbons (Fsp3) is 0.667. The molecule has 0 aliphatic carbocycles. The highest BCUT2D eigenvalue weighted by Crippen LogP contribution is 2.28. The topological polar surface area (TPSA) is 41.9 Å². The summed E-state index contributed by atoms with van der Waals surface area (Å²) in [5.41, 5.74) is 3.95. The van der Waals surface area contributed by atoms with E-state index in [-0.39, 0.29) is 6.10 Å². The van der Waals surface area contributed by atoms with E-state index < -0.39 is 6.10 Å². The monoisotopic (exact) mass is 305 g/mol. The Morgan fingerprint density at radius 2 is 2.32 bits per heavy atom. The summed E-state index contributed by atoms with van der Waals surface area (Å²) in [7, 11) is 0. The van der Waals surface area contributed by atoms with Crippen LogP contribution in [0.2, 0.25) is 0 Å². The van der Waals surface area contributed by atoms with Gasteiger partial charge in [-0.2, -0.15) is 0 Å². The van der Waals surface area contributed by atoms with E-state index in [1.807, 2.05) is 0 Å². The number of ether oxygens (including phenoxy) is 2. The summed E-state index contributed by atoms with van der Waals surface area (Å²) in [4.78, 5) is 2.30. The zero-order valence-electron chi connectivity index (χ0n) is 13.5. The van der Waals surface area contributed by atoms with Crippen LogP contribution in [0.1, 0.15) is 30.4 Å². The minimum Gasteiger partial charge on any atom is -0.389 e. The van der Waals surface area contributed by atoms with Crippen LogP contribution in [0.25, 0.3) is 0 Å². The number of nitrogens with zero attached hydrogens (tertiary/aromatic N) is 1. The summed E-state index contributed by atoms with van der Waals surface area (Å²) in [5.74, 6) is 0. The predicted octanol–water partition coefficient (Wildman–Crippen LogP) is 2.30. The Kier molecular flexibility index (Phi) is 5.34. The van der Waals surface area contributed by atoms with Gasteiger partial charge in [0.1, 0.15) is 0 Å². The molecule has 4 heteroatoms. The molecule has 22 heavy (non-hydrogen) atoms. The summed E-state index contributed by atoms with van der Waals surface area (Å²) in [6, 6.07) is 6.62. The predicted molar refractivity (Wildman–Crippen MR) is 87.5 cm³/mol. The maximum Gasteiger partial charge on any atom is 0.0948 e. The van der Waals surface area contributed by atoms with Gasteiger partial charge in [0, 0.05) is 25.4 Å². The van der Waals surface area contributed by atoms with Gasteiger partial charge in [0.05, 0.1) is 25.4 Å². The van der Waals surface area contributed by atoms with Gasteiger partial charge in [0.25, 0.3) is 0 Å². The number of fused-ring (bicyclic) bond motifs is 1. The second-order valence-corrected chi connectivity index (χ2v) is 6.51. The summed E-state index contributed by atoms with van der Waals surface area (Å²) in [5, 5.41) is 10.3. The first kappa shape index (κ1) is 15.8. The minimum atomic E-state index is -0.451. The number of aryl methyl sites for hydroxylation is 2. The summed E-state index contributed by atoms with van der Waals surface area (Å²) in [6.07, 6.45) is 4.27. The Morgan fingerprint density at radius 1 is 1.41 bits per heavy atom. The molecule has 0 amide bonds.